The van der Waals surface area contributed by atoms with Crippen LogP contribution in [0, 0.1) is 0 Å². The van der Waals surface area contributed by atoms with E-state index in [-0.39, 0.29) is 5.91 Å². The molecule has 0 unspecified atom stereocenters. The van der Waals surface area contributed by atoms with Crippen molar-refractivity contribution in [1.82, 2.24) is 9.88 Å². The lowest BCUT2D eigenvalue weighted by Crippen LogP contribution is -2.28. The van der Waals surface area contributed by atoms with Gasteiger partial charge in [-0.05, 0) is 25.3 Å². The summed E-state index contributed by atoms with van der Waals surface area (Å²) >= 11 is 0. The number of amides is 1. The van der Waals surface area contributed by atoms with Gasteiger partial charge in [-0.3, -0.25) is 9.78 Å². The third-order valence-corrected chi connectivity index (χ3v) is 4.40. The van der Waals surface area contributed by atoms with Gasteiger partial charge >= 0.3 is 0 Å². The fourth-order valence-electron chi connectivity index (χ4n) is 3.01. The number of carbonyl (C=O) groups is 1. The average Bonchev–Trinajstić information content (AvgIpc) is 2.80. The van der Waals surface area contributed by atoms with E-state index < -0.39 is 0 Å². The smallest absolute Gasteiger partial charge is 0.255 e. The van der Waals surface area contributed by atoms with Gasteiger partial charge < -0.3 is 10.2 Å². The van der Waals surface area contributed by atoms with Crippen LogP contribution in [0.15, 0.2) is 18.5 Å². The summed E-state index contributed by atoms with van der Waals surface area (Å²) in [6.07, 6.45) is 13.3. The second kappa shape index (κ2) is 8.76. The van der Waals surface area contributed by atoms with E-state index in [9.17, 15) is 4.79 Å². The van der Waals surface area contributed by atoms with Crippen LogP contribution in [-0.4, -0.2) is 35.4 Å². The van der Waals surface area contributed by atoms with Crippen LogP contribution in [0.5, 0.6) is 0 Å². The van der Waals surface area contributed by atoms with Crippen LogP contribution in [0.4, 0.5) is 5.69 Å². The Balaban J connectivity index is 1.98. The zero-order chi connectivity index (χ0) is 15.8. The van der Waals surface area contributed by atoms with E-state index in [1.807, 2.05) is 19.3 Å². The number of anilines is 1. The van der Waals surface area contributed by atoms with Crippen molar-refractivity contribution in [2.24, 2.45) is 0 Å². The Hall–Kier alpha value is -1.58. The fraction of sp³-hybridized carbons (Fsp3) is 0.667. The molecule has 0 bridgehead atoms. The summed E-state index contributed by atoms with van der Waals surface area (Å²) in [5.74, 6) is 0.0606. The first kappa shape index (κ1) is 16.8. The van der Waals surface area contributed by atoms with Crippen molar-refractivity contribution >= 4 is 11.6 Å². The first-order valence-electron chi connectivity index (χ1n) is 8.67. The van der Waals surface area contributed by atoms with Crippen molar-refractivity contribution in [3.05, 3.63) is 24.0 Å². The molecule has 0 atom stereocenters. The van der Waals surface area contributed by atoms with E-state index in [0.29, 0.717) is 11.6 Å². The average molecular weight is 303 g/mol. The summed E-state index contributed by atoms with van der Waals surface area (Å²) in [6, 6.07) is 2.47. The molecule has 4 nitrogen and oxygen atoms in total. The summed E-state index contributed by atoms with van der Waals surface area (Å²) in [5, 5.41) is 3.56. The summed E-state index contributed by atoms with van der Waals surface area (Å²) < 4.78 is 0. The van der Waals surface area contributed by atoms with Crippen molar-refractivity contribution in [2.75, 3.05) is 18.9 Å². The topological polar surface area (TPSA) is 45.2 Å². The third-order valence-electron chi connectivity index (χ3n) is 4.40. The summed E-state index contributed by atoms with van der Waals surface area (Å²) in [4.78, 5) is 18.4. The Labute approximate surface area is 134 Å². The van der Waals surface area contributed by atoms with Gasteiger partial charge in [0, 0.05) is 32.0 Å². The zero-order valence-corrected chi connectivity index (χ0v) is 14.0. The van der Waals surface area contributed by atoms with Crippen LogP contribution < -0.4 is 5.32 Å². The van der Waals surface area contributed by atoms with Crippen LogP contribution in [0.3, 0.4) is 0 Å². The van der Waals surface area contributed by atoms with Crippen LogP contribution in [0.1, 0.15) is 68.6 Å². The highest BCUT2D eigenvalue weighted by Crippen LogP contribution is 2.21. The number of rotatable bonds is 6. The number of hydrogen-bond acceptors (Lipinski definition) is 3. The van der Waals surface area contributed by atoms with Gasteiger partial charge in [0.15, 0.2) is 0 Å². The first-order chi connectivity index (χ1) is 10.7. The highest BCUT2D eigenvalue weighted by atomic mass is 16.2. The van der Waals surface area contributed by atoms with Gasteiger partial charge in [-0.15, -0.1) is 0 Å². The lowest BCUT2D eigenvalue weighted by atomic mass is 10.1. The highest BCUT2D eigenvalue weighted by Gasteiger charge is 2.15. The van der Waals surface area contributed by atoms with Crippen molar-refractivity contribution in [2.45, 2.75) is 64.3 Å². The molecule has 0 aliphatic heterocycles. The number of aromatic nitrogens is 1. The Kier molecular flexibility index (Phi) is 6.69. The fourth-order valence-corrected chi connectivity index (χ4v) is 3.01. The highest BCUT2D eigenvalue weighted by molar-refractivity contribution is 5.94. The van der Waals surface area contributed by atoms with E-state index in [2.05, 4.69) is 17.2 Å². The molecule has 0 radical (unpaired) electrons. The number of hydrogen-bond donors (Lipinski definition) is 1. The maximum atomic E-state index is 12.4. The molecule has 1 saturated carbocycles. The second-order valence-electron chi connectivity index (χ2n) is 6.38. The number of carbonyl (C=O) groups excluding carboxylic acids is 1. The summed E-state index contributed by atoms with van der Waals surface area (Å²) in [6.45, 7) is 2.94. The Morgan fingerprint density at radius 2 is 2.00 bits per heavy atom. The van der Waals surface area contributed by atoms with Gasteiger partial charge in [0.1, 0.15) is 0 Å². The third kappa shape index (κ3) is 5.00. The van der Waals surface area contributed by atoms with E-state index in [4.69, 9.17) is 0 Å². The molecule has 0 aromatic carbocycles. The second-order valence-corrected chi connectivity index (χ2v) is 6.38. The van der Waals surface area contributed by atoms with Crippen LogP contribution >= 0.6 is 0 Å². The number of unbranched alkanes of at least 4 members (excludes halogenated alkanes) is 1. The van der Waals surface area contributed by atoms with Gasteiger partial charge in [-0.2, -0.15) is 0 Å². The Bertz CT molecular complexity index is 467. The standard InChI is InChI=1S/C18H29N3O/c1-3-4-11-21(2)18(22)15-12-17(14-19-13-15)20-16-9-7-5-6-8-10-16/h12-14,16,20H,3-11H2,1-2H3. The van der Waals surface area contributed by atoms with E-state index in [1.165, 1.54) is 38.5 Å². The molecule has 1 heterocycles. The molecule has 1 aliphatic rings. The lowest BCUT2D eigenvalue weighted by Gasteiger charge is -2.19. The predicted octanol–water partition coefficient (Wildman–Crippen LogP) is 4.09. The Morgan fingerprint density at radius 1 is 1.27 bits per heavy atom. The Morgan fingerprint density at radius 3 is 2.68 bits per heavy atom. The van der Waals surface area contributed by atoms with Crippen molar-refractivity contribution in [3.8, 4) is 0 Å². The molecule has 1 amide bonds. The molecule has 1 N–H and O–H groups in total. The van der Waals surface area contributed by atoms with Crippen LogP contribution in [-0.2, 0) is 0 Å². The van der Waals surface area contributed by atoms with E-state index in [1.54, 1.807) is 11.1 Å². The summed E-state index contributed by atoms with van der Waals surface area (Å²) in [5.41, 5.74) is 1.65. The van der Waals surface area contributed by atoms with Crippen molar-refractivity contribution in [3.63, 3.8) is 0 Å². The van der Waals surface area contributed by atoms with Gasteiger partial charge in [-0.25, -0.2) is 0 Å². The van der Waals surface area contributed by atoms with Gasteiger partial charge in [0.25, 0.3) is 5.91 Å². The molecule has 1 fully saturated rings. The minimum Gasteiger partial charge on any atom is -0.381 e. The SMILES string of the molecule is CCCCN(C)C(=O)c1cncc(NC2CCCCCC2)c1. The quantitative estimate of drug-likeness (QED) is 0.805. The molecule has 1 aromatic rings. The first-order valence-corrected chi connectivity index (χ1v) is 8.67. The van der Waals surface area contributed by atoms with Crippen LogP contribution in [0.2, 0.25) is 0 Å². The van der Waals surface area contributed by atoms with Gasteiger partial charge in [0.05, 0.1) is 11.3 Å². The number of nitrogens with zero attached hydrogens (tertiary/aromatic N) is 2. The van der Waals surface area contributed by atoms with Crippen molar-refractivity contribution in [1.29, 1.82) is 0 Å². The predicted molar refractivity (Wildman–Crippen MR) is 91.2 cm³/mol. The monoisotopic (exact) mass is 303 g/mol. The largest absolute Gasteiger partial charge is 0.381 e. The molecule has 0 saturated heterocycles. The summed E-state index contributed by atoms with van der Waals surface area (Å²) in [7, 11) is 1.86. The van der Waals surface area contributed by atoms with Gasteiger partial charge in [0.2, 0.25) is 0 Å². The van der Waals surface area contributed by atoms with E-state index in [0.717, 1.165) is 25.1 Å². The van der Waals surface area contributed by atoms with Gasteiger partial charge in [-0.1, -0.05) is 39.0 Å². The molecule has 4 heteroatoms. The molecule has 2 rings (SSSR count). The molecular weight excluding hydrogens is 274 g/mol. The minimum atomic E-state index is 0.0606. The molecule has 22 heavy (non-hydrogen) atoms. The van der Waals surface area contributed by atoms with Crippen LogP contribution in [0.25, 0.3) is 0 Å². The zero-order valence-electron chi connectivity index (χ0n) is 14.0. The maximum absolute atomic E-state index is 12.4. The van der Waals surface area contributed by atoms with Crippen molar-refractivity contribution < 1.29 is 4.79 Å². The molecule has 122 valence electrons. The normalized spacial score (nSPS) is 16.1. The maximum Gasteiger partial charge on any atom is 0.255 e. The van der Waals surface area contributed by atoms with E-state index >= 15 is 0 Å². The lowest BCUT2D eigenvalue weighted by molar-refractivity contribution is 0.0793. The number of pyridine rings is 1. The minimum absolute atomic E-state index is 0.0606. The molecule has 1 aromatic heterocycles. The number of nitrogens with one attached hydrogen (secondary N) is 1. The molecule has 1 aliphatic carbocycles. The molecule has 0 spiro atoms. The molecular formula is C18H29N3O.